The quantitative estimate of drug-likeness (QED) is 0.314. The van der Waals surface area contributed by atoms with Crippen LogP contribution >= 0.6 is 0 Å². The van der Waals surface area contributed by atoms with Crippen molar-refractivity contribution in [3.63, 3.8) is 0 Å². The highest BCUT2D eigenvalue weighted by atomic mass is 19.4. The summed E-state index contributed by atoms with van der Waals surface area (Å²) < 4.78 is 47.3. The van der Waals surface area contributed by atoms with Crippen molar-refractivity contribution in [2.24, 2.45) is 0 Å². The summed E-state index contributed by atoms with van der Waals surface area (Å²) in [6.45, 7) is 8.76. The molecule has 0 aliphatic rings. The average molecular weight is 455 g/mol. The van der Waals surface area contributed by atoms with Gasteiger partial charge >= 0.3 is 6.18 Å². The molecule has 0 saturated carbocycles. The van der Waals surface area contributed by atoms with Gasteiger partial charge in [0.25, 0.3) is 0 Å². The standard InChI is InChI=1S/C29H33F3O/c1-5-15-28(6-2,25-13-8-7-9-14-25)20-33-19-23-16-24(18-26(17-23)29(30,31)32)27-21(3)11-10-12-22(27)4/h7-14,16-18H,5-6,15,19-20H2,1-4H3. The lowest BCUT2D eigenvalue weighted by atomic mass is 9.75. The smallest absolute Gasteiger partial charge is 0.376 e. The van der Waals surface area contributed by atoms with Gasteiger partial charge in [0.1, 0.15) is 0 Å². The van der Waals surface area contributed by atoms with Gasteiger partial charge in [-0.25, -0.2) is 0 Å². The second kappa shape index (κ2) is 10.6. The van der Waals surface area contributed by atoms with Crippen molar-refractivity contribution in [1.29, 1.82) is 0 Å². The first kappa shape index (κ1) is 25.0. The molecule has 0 heterocycles. The summed E-state index contributed by atoms with van der Waals surface area (Å²) in [6.07, 6.45) is -1.54. The summed E-state index contributed by atoms with van der Waals surface area (Å²) in [5, 5.41) is 0. The van der Waals surface area contributed by atoms with Gasteiger partial charge in [0.15, 0.2) is 0 Å². The van der Waals surface area contributed by atoms with Gasteiger partial charge in [-0.2, -0.15) is 13.2 Å². The number of hydrogen-bond acceptors (Lipinski definition) is 1. The van der Waals surface area contributed by atoms with E-state index in [1.165, 1.54) is 17.7 Å². The van der Waals surface area contributed by atoms with Gasteiger partial charge in [-0.15, -0.1) is 0 Å². The molecule has 1 nitrogen and oxygen atoms in total. The van der Waals surface area contributed by atoms with Crippen LogP contribution in [0.15, 0.2) is 66.7 Å². The highest BCUT2D eigenvalue weighted by molar-refractivity contribution is 5.72. The molecule has 3 aromatic rings. The molecule has 0 aliphatic carbocycles. The maximum atomic E-state index is 13.7. The molecule has 0 aliphatic heterocycles. The lowest BCUT2D eigenvalue weighted by Gasteiger charge is -2.33. The van der Waals surface area contributed by atoms with Crippen molar-refractivity contribution < 1.29 is 17.9 Å². The molecule has 0 saturated heterocycles. The molecule has 0 radical (unpaired) electrons. The number of hydrogen-bond donors (Lipinski definition) is 0. The van der Waals surface area contributed by atoms with Gasteiger partial charge < -0.3 is 4.74 Å². The second-order valence-corrected chi connectivity index (χ2v) is 8.93. The Morgan fingerprint density at radius 2 is 1.45 bits per heavy atom. The molecule has 0 N–H and O–H groups in total. The number of alkyl halides is 3. The highest BCUT2D eigenvalue weighted by Gasteiger charge is 2.32. The van der Waals surface area contributed by atoms with E-state index >= 15 is 0 Å². The van der Waals surface area contributed by atoms with Crippen molar-refractivity contribution in [3.05, 3.63) is 94.5 Å². The minimum absolute atomic E-state index is 0.139. The molecule has 0 spiro atoms. The molecule has 3 aromatic carbocycles. The minimum Gasteiger partial charge on any atom is -0.376 e. The van der Waals surface area contributed by atoms with Crippen LogP contribution in [0, 0.1) is 13.8 Å². The zero-order valence-corrected chi connectivity index (χ0v) is 19.9. The first-order valence-corrected chi connectivity index (χ1v) is 11.6. The summed E-state index contributed by atoms with van der Waals surface area (Å²) in [6, 6.07) is 20.4. The average Bonchev–Trinajstić information content (AvgIpc) is 2.78. The Morgan fingerprint density at radius 3 is 2.03 bits per heavy atom. The molecule has 0 bridgehead atoms. The topological polar surface area (TPSA) is 9.23 Å². The molecular formula is C29H33F3O. The lowest BCUT2D eigenvalue weighted by molar-refractivity contribution is -0.137. The second-order valence-electron chi connectivity index (χ2n) is 8.93. The Kier molecular flexibility index (Phi) is 8.01. The van der Waals surface area contributed by atoms with Crippen molar-refractivity contribution in [1.82, 2.24) is 0 Å². The van der Waals surface area contributed by atoms with E-state index < -0.39 is 11.7 Å². The van der Waals surface area contributed by atoms with Crippen molar-refractivity contribution in [3.8, 4) is 11.1 Å². The molecule has 33 heavy (non-hydrogen) atoms. The van der Waals surface area contributed by atoms with E-state index in [1.54, 1.807) is 0 Å². The normalized spacial score (nSPS) is 13.7. The minimum atomic E-state index is -4.42. The van der Waals surface area contributed by atoms with E-state index in [1.807, 2.05) is 56.3 Å². The maximum Gasteiger partial charge on any atom is 0.416 e. The van der Waals surface area contributed by atoms with Crippen LogP contribution in [0.4, 0.5) is 13.2 Å². The Labute approximate surface area is 195 Å². The molecule has 0 fully saturated rings. The third-order valence-corrected chi connectivity index (χ3v) is 6.53. The molecule has 4 heteroatoms. The fourth-order valence-electron chi connectivity index (χ4n) is 4.77. The van der Waals surface area contributed by atoms with Crippen LogP contribution in [-0.4, -0.2) is 6.61 Å². The fraction of sp³-hybridized carbons (Fsp3) is 0.379. The monoisotopic (exact) mass is 454 g/mol. The van der Waals surface area contributed by atoms with E-state index in [0.29, 0.717) is 17.7 Å². The summed E-state index contributed by atoms with van der Waals surface area (Å²) in [4.78, 5) is 0. The molecule has 0 aromatic heterocycles. The van der Waals surface area contributed by atoms with Crippen LogP contribution in [-0.2, 0) is 22.9 Å². The van der Waals surface area contributed by atoms with E-state index in [-0.39, 0.29) is 12.0 Å². The van der Waals surface area contributed by atoms with Crippen LogP contribution in [0.1, 0.15) is 60.9 Å². The predicted molar refractivity (Wildman–Crippen MR) is 129 cm³/mol. The largest absolute Gasteiger partial charge is 0.416 e. The number of rotatable bonds is 9. The van der Waals surface area contributed by atoms with E-state index in [2.05, 4.69) is 26.0 Å². The number of halogens is 3. The summed E-state index contributed by atoms with van der Waals surface area (Å²) in [5.74, 6) is 0. The zero-order valence-electron chi connectivity index (χ0n) is 19.9. The third kappa shape index (κ3) is 5.86. The Morgan fingerprint density at radius 1 is 0.788 bits per heavy atom. The highest BCUT2D eigenvalue weighted by Crippen LogP contribution is 2.37. The molecular weight excluding hydrogens is 421 g/mol. The Balaban J connectivity index is 1.91. The van der Waals surface area contributed by atoms with Gasteiger partial charge in [0.05, 0.1) is 18.8 Å². The van der Waals surface area contributed by atoms with Gasteiger partial charge in [-0.3, -0.25) is 0 Å². The number of benzene rings is 3. The van der Waals surface area contributed by atoms with Gasteiger partial charge in [-0.05, 0) is 78.3 Å². The molecule has 3 rings (SSSR count). The van der Waals surface area contributed by atoms with E-state index in [4.69, 9.17) is 4.74 Å². The summed E-state index contributed by atoms with van der Waals surface area (Å²) >= 11 is 0. The van der Waals surface area contributed by atoms with Gasteiger partial charge in [0.2, 0.25) is 0 Å². The lowest BCUT2D eigenvalue weighted by Crippen LogP contribution is -2.31. The van der Waals surface area contributed by atoms with E-state index in [0.717, 1.165) is 36.0 Å². The maximum absolute atomic E-state index is 13.7. The zero-order chi connectivity index (χ0) is 24.1. The van der Waals surface area contributed by atoms with Crippen molar-refractivity contribution in [2.75, 3.05) is 6.61 Å². The van der Waals surface area contributed by atoms with Crippen molar-refractivity contribution >= 4 is 0 Å². The van der Waals surface area contributed by atoms with Gasteiger partial charge in [-0.1, -0.05) is 68.8 Å². The Hall–Kier alpha value is -2.59. The molecule has 1 atom stereocenters. The third-order valence-electron chi connectivity index (χ3n) is 6.53. The first-order valence-electron chi connectivity index (χ1n) is 11.6. The Bertz CT molecular complexity index is 1040. The van der Waals surface area contributed by atoms with Crippen LogP contribution in [0.25, 0.3) is 11.1 Å². The summed E-state index contributed by atoms with van der Waals surface area (Å²) in [5.41, 5.74) is 4.32. The van der Waals surface area contributed by atoms with Crippen LogP contribution < -0.4 is 0 Å². The van der Waals surface area contributed by atoms with Crippen LogP contribution in [0.3, 0.4) is 0 Å². The van der Waals surface area contributed by atoms with Crippen LogP contribution in [0.5, 0.6) is 0 Å². The fourth-order valence-corrected chi connectivity index (χ4v) is 4.77. The SMILES string of the molecule is CCCC(CC)(COCc1cc(-c2c(C)cccc2C)cc(C(F)(F)F)c1)c1ccccc1. The van der Waals surface area contributed by atoms with Crippen LogP contribution in [0.2, 0.25) is 0 Å². The predicted octanol–water partition coefficient (Wildman–Crippen LogP) is 8.65. The van der Waals surface area contributed by atoms with Crippen molar-refractivity contribution in [2.45, 2.75) is 65.2 Å². The van der Waals surface area contributed by atoms with E-state index in [9.17, 15) is 13.2 Å². The van der Waals surface area contributed by atoms with Gasteiger partial charge in [0, 0.05) is 5.41 Å². The summed E-state index contributed by atoms with van der Waals surface area (Å²) in [7, 11) is 0. The number of ether oxygens (including phenoxy) is 1. The molecule has 176 valence electrons. The first-order chi connectivity index (χ1) is 15.7. The number of aryl methyl sites for hydroxylation is 2. The molecule has 0 amide bonds. The molecule has 1 unspecified atom stereocenters.